The maximum atomic E-state index is 13.8. The number of nitrogens with zero attached hydrogens (tertiary/aromatic N) is 4. The molecular formula is C25H28F2N6O3. The summed E-state index contributed by atoms with van der Waals surface area (Å²) in [5.74, 6) is -2.90. The zero-order valence-corrected chi connectivity index (χ0v) is 19.7. The van der Waals surface area contributed by atoms with Crippen molar-refractivity contribution in [3.63, 3.8) is 0 Å². The van der Waals surface area contributed by atoms with E-state index < -0.39 is 18.1 Å². The number of halogens is 2. The highest BCUT2D eigenvalue weighted by Gasteiger charge is 2.39. The molecule has 1 atom stereocenters. The number of alkyl carbamates (subject to hydrolysis) is 1. The third kappa shape index (κ3) is 5.55. The molecule has 1 saturated carbocycles. The monoisotopic (exact) mass is 498 g/mol. The molecule has 5 rings (SSSR count). The Labute approximate surface area is 206 Å². The number of benzene rings is 1. The van der Waals surface area contributed by atoms with Crippen LogP contribution in [0.5, 0.6) is 0 Å². The van der Waals surface area contributed by atoms with Gasteiger partial charge in [-0.2, -0.15) is 5.10 Å². The first-order valence-electron chi connectivity index (χ1n) is 12.1. The molecule has 9 nitrogen and oxygen atoms in total. The number of imidazole rings is 1. The van der Waals surface area contributed by atoms with E-state index in [0.717, 1.165) is 11.1 Å². The first kappa shape index (κ1) is 24.0. The Morgan fingerprint density at radius 2 is 2.00 bits per heavy atom. The lowest BCUT2D eigenvalue weighted by Crippen LogP contribution is -2.37. The van der Waals surface area contributed by atoms with Crippen molar-refractivity contribution in [3.8, 4) is 0 Å². The molecule has 0 spiro atoms. The number of carbonyl (C=O) groups is 2. The maximum absolute atomic E-state index is 13.8. The summed E-state index contributed by atoms with van der Waals surface area (Å²) in [6, 6.07) is 10.4. The Balaban J connectivity index is 1.34. The first-order valence-corrected chi connectivity index (χ1v) is 12.1. The summed E-state index contributed by atoms with van der Waals surface area (Å²) in [6.45, 7) is 1.73. The summed E-state index contributed by atoms with van der Waals surface area (Å²) in [5, 5.41) is 10.0. The van der Waals surface area contributed by atoms with Crippen molar-refractivity contribution in [2.45, 2.75) is 50.8 Å². The van der Waals surface area contributed by atoms with E-state index in [9.17, 15) is 18.4 Å². The van der Waals surface area contributed by atoms with Crippen molar-refractivity contribution in [3.05, 3.63) is 65.6 Å². The number of ether oxygens (including phenoxy) is 1. The van der Waals surface area contributed by atoms with Crippen LogP contribution in [0.3, 0.4) is 0 Å². The largest absolute Gasteiger partial charge is 0.445 e. The lowest BCUT2D eigenvalue weighted by Gasteiger charge is -2.33. The summed E-state index contributed by atoms with van der Waals surface area (Å²) >= 11 is 0. The molecule has 3 amide bonds. The quantitative estimate of drug-likeness (QED) is 0.512. The molecule has 0 radical (unpaired) electrons. The molecule has 1 unspecified atom stereocenters. The van der Waals surface area contributed by atoms with Crippen molar-refractivity contribution in [2.75, 3.05) is 13.1 Å². The molecule has 1 aliphatic heterocycles. The maximum Gasteiger partial charge on any atom is 0.408 e. The molecule has 36 heavy (non-hydrogen) atoms. The zero-order valence-electron chi connectivity index (χ0n) is 19.7. The fourth-order valence-electron chi connectivity index (χ4n) is 4.77. The average molecular weight is 499 g/mol. The molecule has 190 valence electrons. The number of hydrogen-bond acceptors (Lipinski definition) is 5. The number of fused-ring (bicyclic) bond motifs is 1. The number of urea groups is 1. The van der Waals surface area contributed by atoms with E-state index >= 15 is 0 Å². The van der Waals surface area contributed by atoms with E-state index in [4.69, 9.17) is 4.74 Å². The third-order valence-corrected chi connectivity index (χ3v) is 6.75. The van der Waals surface area contributed by atoms with Gasteiger partial charge in [0.25, 0.3) is 0 Å². The lowest BCUT2D eigenvalue weighted by atomic mass is 9.81. The molecule has 1 aliphatic carbocycles. The van der Waals surface area contributed by atoms with Crippen molar-refractivity contribution < 1.29 is 23.1 Å². The molecule has 3 aromatic rings. The second-order valence-corrected chi connectivity index (χ2v) is 9.36. The standard InChI is InChI=1S/C25H28F2N6O3/c26-25(27)8-6-19(7-9-25)22(31-24(35)36-16-17-4-2-1-3-5-17)20-15-33-21(30-20)12-18(13-29-33)14-32-11-10-28-23(32)34/h1-5,12-13,15,19,22H,6-11,14,16H2,(H,28,34)(H,31,35). The fourth-order valence-corrected chi connectivity index (χ4v) is 4.77. The van der Waals surface area contributed by atoms with Gasteiger partial charge in [0.15, 0.2) is 5.65 Å². The van der Waals surface area contributed by atoms with Crippen molar-refractivity contribution >= 4 is 17.8 Å². The number of alkyl halides is 2. The van der Waals surface area contributed by atoms with Gasteiger partial charge in [0.1, 0.15) is 6.61 Å². The number of rotatable bonds is 7. The highest BCUT2D eigenvalue weighted by atomic mass is 19.3. The summed E-state index contributed by atoms with van der Waals surface area (Å²) < 4.78 is 34.7. The van der Waals surface area contributed by atoms with Crippen LogP contribution < -0.4 is 10.6 Å². The van der Waals surface area contributed by atoms with E-state index in [-0.39, 0.29) is 44.2 Å². The van der Waals surface area contributed by atoms with Crippen LogP contribution in [0.4, 0.5) is 18.4 Å². The van der Waals surface area contributed by atoms with E-state index in [0.29, 0.717) is 31.0 Å². The van der Waals surface area contributed by atoms with Crippen LogP contribution in [-0.4, -0.2) is 50.6 Å². The number of aromatic nitrogens is 3. The average Bonchev–Trinajstić information content (AvgIpc) is 3.47. The predicted octanol–water partition coefficient (Wildman–Crippen LogP) is 4.05. The number of hydrogen-bond donors (Lipinski definition) is 2. The van der Waals surface area contributed by atoms with Crippen molar-refractivity contribution in [1.29, 1.82) is 0 Å². The van der Waals surface area contributed by atoms with Gasteiger partial charge in [0.2, 0.25) is 5.92 Å². The molecule has 1 aromatic carbocycles. The summed E-state index contributed by atoms with van der Waals surface area (Å²) in [7, 11) is 0. The Morgan fingerprint density at radius 3 is 2.72 bits per heavy atom. The Hall–Kier alpha value is -3.76. The number of nitrogens with one attached hydrogen (secondary N) is 2. The van der Waals surface area contributed by atoms with Crippen LogP contribution >= 0.6 is 0 Å². The Morgan fingerprint density at radius 1 is 1.22 bits per heavy atom. The van der Waals surface area contributed by atoms with Crippen molar-refractivity contribution in [1.82, 2.24) is 30.1 Å². The van der Waals surface area contributed by atoms with Crippen LogP contribution in [0, 0.1) is 5.92 Å². The first-order chi connectivity index (χ1) is 17.4. The highest BCUT2D eigenvalue weighted by molar-refractivity contribution is 5.76. The molecule has 0 bridgehead atoms. The molecule has 2 fully saturated rings. The van der Waals surface area contributed by atoms with Gasteiger partial charge in [-0.05, 0) is 36.0 Å². The van der Waals surface area contributed by atoms with Gasteiger partial charge in [0.05, 0.1) is 24.1 Å². The van der Waals surface area contributed by atoms with Crippen LogP contribution in [0.25, 0.3) is 5.65 Å². The van der Waals surface area contributed by atoms with Gasteiger partial charge >= 0.3 is 12.1 Å². The summed E-state index contributed by atoms with van der Waals surface area (Å²) in [6.07, 6.45) is 2.79. The van der Waals surface area contributed by atoms with Gasteiger partial charge in [-0.15, -0.1) is 0 Å². The molecule has 11 heteroatoms. The molecule has 3 heterocycles. The second-order valence-electron chi connectivity index (χ2n) is 9.36. The molecular weight excluding hydrogens is 470 g/mol. The molecule has 2 aromatic heterocycles. The van der Waals surface area contributed by atoms with Gasteiger partial charge in [0, 0.05) is 32.5 Å². The number of carbonyl (C=O) groups excluding carboxylic acids is 2. The SMILES string of the molecule is O=C(NC(c1cn2ncc(CN3CCNC3=O)cc2n1)C1CCC(F)(F)CC1)OCc1ccccc1. The lowest BCUT2D eigenvalue weighted by molar-refractivity contribution is -0.0497. The minimum atomic E-state index is -2.69. The van der Waals surface area contributed by atoms with Crippen LogP contribution in [0.1, 0.15) is 48.5 Å². The van der Waals surface area contributed by atoms with E-state index in [1.807, 2.05) is 36.4 Å². The minimum Gasteiger partial charge on any atom is -0.445 e. The molecule has 2 N–H and O–H groups in total. The van der Waals surface area contributed by atoms with Gasteiger partial charge in [-0.25, -0.2) is 27.9 Å². The van der Waals surface area contributed by atoms with Gasteiger partial charge in [-0.3, -0.25) is 0 Å². The summed E-state index contributed by atoms with van der Waals surface area (Å²) in [5.41, 5.74) is 2.75. The van der Waals surface area contributed by atoms with E-state index in [2.05, 4.69) is 20.7 Å². The minimum absolute atomic E-state index is 0.0995. The van der Waals surface area contributed by atoms with E-state index in [1.165, 1.54) is 0 Å². The Bertz CT molecular complexity index is 1230. The second kappa shape index (κ2) is 10.1. The normalized spacial score (nSPS) is 18.7. The smallest absolute Gasteiger partial charge is 0.408 e. The van der Waals surface area contributed by atoms with Crippen LogP contribution in [-0.2, 0) is 17.9 Å². The van der Waals surface area contributed by atoms with Gasteiger partial charge < -0.3 is 20.3 Å². The fraction of sp³-hybridized carbons (Fsp3) is 0.440. The zero-order chi connectivity index (χ0) is 25.1. The molecule has 1 saturated heterocycles. The summed E-state index contributed by atoms with van der Waals surface area (Å²) in [4.78, 5) is 30.9. The van der Waals surface area contributed by atoms with E-state index in [1.54, 1.807) is 21.8 Å². The van der Waals surface area contributed by atoms with Gasteiger partial charge in [-0.1, -0.05) is 30.3 Å². The topological polar surface area (TPSA) is 101 Å². The predicted molar refractivity (Wildman–Crippen MR) is 126 cm³/mol. The Kier molecular flexibility index (Phi) is 6.71. The van der Waals surface area contributed by atoms with Crippen LogP contribution in [0.15, 0.2) is 48.8 Å². The third-order valence-electron chi connectivity index (χ3n) is 6.75. The van der Waals surface area contributed by atoms with Crippen LogP contribution in [0.2, 0.25) is 0 Å². The highest BCUT2D eigenvalue weighted by Crippen LogP contribution is 2.41. The number of amides is 3. The molecule has 2 aliphatic rings. The van der Waals surface area contributed by atoms with Crippen molar-refractivity contribution in [2.24, 2.45) is 5.92 Å².